The average molecular weight is 255 g/mol. The fourth-order valence-corrected chi connectivity index (χ4v) is 1.83. The van der Waals surface area contributed by atoms with E-state index in [2.05, 4.69) is 9.80 Å². The monoisotopic (exact) mass is 254 g/mol. The van der Waals surface area contributed by atoms with Crippen LogP contribution in [0.4, 0.5) is 5.69 Å². The molecule has 1 aromatic carbocycles. The standard InChI is InChI=1S/C13H19ClN2O/c1-10(17)11-5-6-13(12(14)9-11)16(4)8-7-15(2)3/h5-6,9H,7-8H2,1-4H3. The first-order chi connectivity index (χ1) is 7.91. The molecular formula is C13H19ClN2O. The number of rotatable bonds is 5. The van der Waals surface area contributed by atoms with Gasteiger partial charge in [0.1, 0.15) is 0 Å². The maximum atomic E-state index is 11.2. The van der Waals surface area contributed by atoms with Crippen molar-refractivity contribution in [2.45, 2.75) is 6.92 Å². The van der Waals surface area contributed by atoms with Crippen LogP contribution in [0.15, 0.2) is 18.2 Å². The zero-order valence-electron chi connectivity index (χ0n) is 10.8. The van der Waals surface area contributed by atoms with Crippen molar-refractivity contribution in [2.24, 2.45) is 0 Å². The van der Waals surface area contributed by atoms with Crippen LogP contribution in [0.3, 0.4) is 0 Å². The van der Waals surface area contributed by atoms with Gasteiger partial charge >= 0.3 is 0 Å². The van der Waals surface area contributed by atoms with Crippen LogP contribution in [-0.2, 0) is 0 Å². The summed E-state index contributed by atoms with van der Waals surface area (Å²) in [6.07, 6.45) is 0. The highest BCUT2D eigenvalue weighted by molar-refractivity contribution is 6.33. The SMILES string of the molecule is CC(=O)c1ccc(N(C)CCN(C)C)c(Cl)c1. The molecule has 0 saturated heterocycles. The number of hydrogen-bond donors (Lipinski definition) is 0. The van der Waals surface area contributed by atoms with Crippen molar-refractivity contribution >= 4 is 23.1 Å². The number of carbonyl (C=O) groups excluding carboxylic acids is 1. The van der Waals surface area contributed by atoms with Crippen LogP contribution in [0, 0.1) is 0 Å². The van der Waals surface area contributed by atoms with Gasteiger partial charge in [-0.15, -0.1) is 0 Å². The molecule has 0 bridgehead atoms. The van der Waals surface area contributed by atoms with Crippen molar-refractivity contribution in [3.8, 4) is 0 Å². The molecule has 0 aliphatic rings. The zero-order valence-corrected chi connectivity index (χ0v) is 11.6. The molecule has 17 heavy (non-hydrogen) atoms. The highest BCUT2D eigenvalue weighted by Gasteiger charge is 2.08. The molecular weight excluding hydrogens is 236 g/mol. The Morgan fingerprint density at radius 2 is 1.88 bits per heavy atom. The summed E-state index contributed by atoms with van der Waals surface area (Å²) >= 11 is 6.18. The van der Waals surface area contributed by atoms with Crippen LogP contribution >= 0.6 is 11.6 Å². The van der Waals surface area contributed by atoms with E-state index in [1.807, 2.05) is 33.3 Å². The Morgan fingerprint density at radius 1 is 1.24 bits per heavy atom. The van der Waals surface area contributed by atoms with Gasteiger partial charge in [-0.1, -0.05) is 11.6 Å². The van der Waals surface area contributed by atoms with E-state index in [-0.39, 0.29) is 5.78 Å². The van der Waals surface area contributed by atoms with Crippen molar-refractivity contribution in [2.75, 3.05) is 39.1 Å². The minimum Gasteiger partial charge on any atom is -0.372 e. The van der Waals surface area contributed by atoms with Gasteiger partial charge in [0.15, 0.2) is 5.78 Å². The minimum absolute atomic E-state index is 0.0365. The first-order valence-electron chi connectivity index (χ1n) is 5.58. The number of carbonyl (C=O) groups is 1. The molecule has 0 fully saturated rings. The lowest BCUT2D eigenvalue weighted by atomic mass is 10.1. The molecule has 1 aromatic rings. The van der Waals surface area contributed by atoms with Gasteiger partial charge in [0.05, 0.1) is 10.7 Å². The summed E-state index contributed by atoms with van der Waals surface area (Å²) in [5.74, 6) is 0.0365. The van der Waals surface area contributed by atoms with Gasteiger partial charge in [-0.25, -0.2) is 0 Å². The fraction of sp³-hybridized carbons (Fsp3) is 0.462. The lowest BCUT2D eigenvalue weighted by Gasteiger charge is -2.22. The van der Waals surface area contributed by atoms with Crippen LogP contribution in [0.25, 0.3) is 0 Å². The zero-order chi connectivity index (χ0) is 13.0. The molecule has 0 heterocycles. The third kappa shape index (κ3) is 4.02. The quantitative estimate of drug-likeness (QED) is 0.755. The Kier molecular flexibility index (Phi) is 4.97. The normalized spacial score (nSPS) is 10.7. The number of anilines is 1. The van der Waals surface area contributed by atoms with Gasteiger partial charge in [-0.2, -0.15) is 0 Å². The molecule has 0 aromatic heterocycles. The lowest BCUT2D eigenvalue weighted by molar-refractivity contribution is 0.101. The summed E-state index contributed by atoms with van der Waals surface area (Å²) in [4.78, 5) is 15.4. The molecule has 0 radical (unpaired) electrons. The maximum Gasteiger partial charge on any atom is 0.159 e. The van der Waals surface area contributed by atoms with Gasteiger partial charge < -0.3 is 9.80 Å². The molecule has 0 N–H and O–H groups in total. The highest BCUT2D eigenvalue weighted by Crippen LogP contribution is 2.26. The minimum atomic E-state index is 0.0365. The number of halogens is 1. The molecule has 94 valence electrons. The fourth-order valence-electron chi connectivity index (χ4n) is 1.51. The molecule has 1 rings (SSSR count). The largest absolute Gasteiger partial charge is 0.372 e. The van der Waals surface area contributed by atoms with E-state index in [1.165, 1.54) is 0 Å². The summed E-state index contributed by atoms with van der Waals surface area (Å²) in [6.45, 7) is 3.40. The second-order valence-corrected chi connectivity index (χ2v) is 4.85. The third-order valence-electron chi connectivity index (χ3n) is 2.65. The molecule has 0 aliphatic carbocycles. The predicted octanol–water partition coefficient (Wildman–Crippen LogP) is 2.54. The number of benzene rings is 1. The van der Waals surface area contributed by atoms with Crippen molar-refractivity contribution < 1.29 is 4.79 Å². The van der Waals surface area contributed by atoms with E-state index in [4.69, 9.17) is 11.6 Å². The summed E-state index contributed by atoms with van der Waals surface area (Å²) in [5, 5.41) is 0.624. The van der Waals surface area contributed by atoms with Gasteiger partial charge in [0.2, 0.25) is 0 Å². The molecule has 0 atom stereocenters. The van der Waals surface area contributed by atoms with Crippen LogP contribution < -0.4 is 4.90 Å². The Balaban J connectivity index is 2.81. The van der Waals surface area contributed by atoms with Crippen LogP contribution in [0.5, 0.6) is 0 Å². The van der Waals surface area contributed by atoms with E-state index in [1.54, 1.807) is 13.0 Å². The van der Waals surface area contributed by atoms with Gasteiger partial charge in [-0.05, 0) is 39.2 Å². The lowest BCUT2D eigenvalue weighted by Crippen LogP contribution is -2.28. The van der Waals surface area contributed by atoms with Crippen molar-refractivity contribution in [3.05, 3.63) is 28.8 Å². The number of ketones is 1. The maximum absolute atomic E-state index is 11.2. The first-order valence-corrected chi connectivity index (χ1v) is 5.96. The Bertz CT molecular complexity index is 404. The Hall–Kier alpha value is -1.06. The molecule has 0 unspecified atom stereocenters. The van der Waals surface area contributed by atoms with Gasteiger partial charge in [0.25, 0.3) is 0 Å². The molecule has 0 aliphatic heterocycles. The van der Waals surface area contributed by atoms with Crippen molar-refractivity contribution in [1.82, 2.24) is 4.90 Å². The third-order valence-corrected chi connectivity index (χ3v) is 2.95. The summed E-state index contributed by atoms with van der Waals surface area (Å²) < 4.78 is 0. The molecule has 0 saturated carbocycles. The molecule has 0 amide bonds. The average Bonchev–Trinajstić information content (AvgIpc) is 2.25. The number of hydrogen-bond acceptors (Lipinski definition) is 3. The van der Waals surface area contributed by atoms with Crippen molar-refractivity contribution in [1.29, 1.82) is 0 Å². The summed E-state index contributed by atoms with van der Waals surface area (Å²) in [7, 11) is 6.07. The van der Waals surface area contributed by atoms with E-state index in [9.17, 15) is 4.79 Å². The van der Waals surface area contributed by atoms with Gasteiger partial charge in [0, 0.05) is 25.7 Å². The molecule has 4 heteroatoms. The smallest absolute Gasteiger partial charge is 0.159 e. The molecule has 0 spiro atoms. The second kappa shape index (κ2) is 6.03. The van der Waals surface area contributed by atoms with Crippen LogP contribution in [0.2, 0.25) is 5.02 Å². The number of likely N-dealkylation sites (N-methyl/N-ethyl adjacent to an activating group) is 2. The van der Waals surface area contributed by atoms with E-state index >= 15 is 0 Å². The van der Waals surface area contributed by atoms with Gasteiger partial charge in [-0.3, -0.25) is 4.79 Å². The second-order valence-electron chi connectivity index (χ2n) is 4.45. The highest BCUT2D eigenvalue weighted by atomic mass is 35.5. The topological polar surface area (TPSA) is 23.6 Å². The Morgan fingerprint density at radius 3 is 2.35 bits per heavy atom. The van der Waals surface area contributed by atoms with E-state index < -0.39 is 0 Å². The summed E-state index contributed by atoms with van der Waals surface area (Å²) in [6, 6.07) is 5.44. The van der Waals surface area contributed by atoms with Crippen LogP contribution in [-0.4, -0.2) is 44.9 Å². The first kappa shape index (κ1) is 14.0. The Labute approximate surface area is 108 Å². The number of Topliss-reactive ketones (excluding diaryl/α,β-unsaturated/α-hetero) is 1. The van der Waals surface area contributed by atoms with E-state index in [0.29, 0.717) is 10.6 Å². The van der Waals surface area contributed by atoms with E-state index in [0.717, 1.165) is 18.8 Å². The molecule has 3 nitrogen and oxygen atoms in total. The number of nitrogens with zero attached hydrogens (tertiary/aromatic N) is 2. The van der Waals surface area contributed by atoms with Crippen molar-refractivity contribution in [3.63, 3.8) is 0 Å². The van der Waals surface area contributed by atoms with Crippen LogP contribution in [0.1, 0.15) is 17.3 Å². The predicted molar refractivity (Wildman–Crippen MR) is 73.3 cm³/mol. The summed E-state index contributed by atoms with van der Waals surface area (Å²) in [5.41, 5.74) is 1.61.